The number of rotatable bonds is 5. The molecule has 0 bridgehead atoms. The Morgan fingerprint density at radius 3 is 2.28 bits per heavy atom. The number of aromatic amines is 1. The monoisotopic (exact) mass is 431 g/mol. The molecule has 0 unspecified atom stereocenters. The van der Waals surface area contributed by atoms with Crippen LogP contribution in [0.15, 0.2) is 47.6 Å². The standard InChI is InChI=1S/C22H23Cl2N3O2/c1-2-17(23)13-18(24)21-25-14-19(26-21)20(28)15-7-9-16(10-8-15)22(29)27-11-5-3-4-6-12-27/h2,7-10,13-14H,3-6,11-12H2,1H3,(H,25,26)/b17-2+,18-13+. The molecule has 2 aromatic rings. The second-order valence-corrected chi connectivity index (χ2v) is 7.77. The lowest BCUT2D eigenvalue weighted by molar-refractivity contribution is 0.0761. The van der Waals surface area contributed by atoms with Crippen LogP contribution in [0.5, 0.6) is 0 Å². The van der Waals surface area contributed by atoms with Crippen LogP contribution in [0.4, 0.5) is 0 Å². The number of hydrogen-bond acceptors (Lipinski definition) is 3. The molecule has 3 rings (SSSR count). The molecule has 1 aromatic heterocycles. The highest BCUT2D eigenvalue weighted by molar-refractivity contribution is 6.49. The van der Waals surface area contributed by atoms with Crippen LogP contribution in [-0.2, 0) is 0 Å². The van der Waals surface area contributed by atoms with Gasteiger partial charge in [0.25, 0.3) is 5.91 Å². The number of aromatic nitrogens is 2. The Hall–Kier alpha value is -2.37. The van der Waals surface area contributed by atoms with Gasteiger partial charge in [-0.05, 0) is 38.0 Å². The Kier molecular flexibility index (Phi) is 7.29. The number of nitrogens with one attached hydrogen (secondary N) is 1. The van der Waals surface area contributed by atoms with E-state index in [9.17, 15) is 9.59 Å². The molecule has 1 saturated heterocycles. The second kappa shape index (κ2) is 9.90. The van der Waals surface area contributed by atoms with Gasteiger partial charge in [-0.15, -0.1) is 0 Å². The Morgan fingerprint density at radius 2 is 1.66 bits per heavy atom. The van der Waals surface area contributed by atoms with E-state index in [0.29, 0.717) is 32.7 Å². The average molecular weight is 432 g/mol. The first kappa shape index (κ1) is 21.3. The summed E-state index contributed by atoms with van der Waals surface area (Å²) in [5, 5.41) is 0.787. The molecular formula is C22H23Cl2N3O2. The Morgan fingerprint density at radius 1 is 1.03 bits per heavy atom. The van der Waals surface area contributed by atoms with Crippen LogP contribution in [-0.4, -0.2) is 39.6 Å². The minimum atomic E-state index is -0.223. The molecule has 0 saturated carbocycles. The van der Waals surface area contributed by atoms with Gasteiger partial charge >= 0.3 is 0 Å². The molecule has 1 aromatic carbocycles. The number of benzene rings is 1. The summed E-state index contributed by atoms with van der Waals surface area (Å²) in [6.07, 6.45) is 9.12. The minimum Gasteiger partial charge on any atom is -0.339 e. The lowest BCUT2D eigenvalue weighted by atomic mass is 10.1. The molecule has 0 spiro atoms. The smallest absolute Gasteiger partial charge is 0.253 e. The molecule has 0 radical (unpaired) electrons. The molecule has 2 heterocycles. The van der Waals surface area contributed by atoms with Crippen molar-refractivity contribution in [1.82, 2.24) is 14.9 Å². The van der Waals surface area contributed by atoms with Gasteiger partial charge in [-0.1, -0.05) is 54.3 Å². The van der Waals surface area contributed by atoms with E-state index < -0.39 is 0 Å². The lowest BCUT2D eigenvalue weighted by Crippen LogP contribution is -2.31. The highest BCUT2D eigenvalue weighted by Gasteiger charge is 2.18. The summed E-state index contributed by atoms with van der Waals surface area (Å²) in [6, 6.07) is 6.75. The number of H-pyrrole nitrogens is 1. The zero-order valence-corrected chi connectivity index (χ0v) is 17.8. The zero-order valence-electron chi connectivity index (χ0n) is 16.3. The molecule has 1 amide bonds. The van der Waals surface area contributed by atoms with Gasteiger partial charge in [0.15, 0.2) is 0 Å². The highest BCUT2D eigenvalue weighted by Crippen LogP contribution is 2.21. The summed E-state index contributed by atoms with van der Waals surface area (Å²) in [7, 11) is 0. The molecule has 1 N–H and O–H groups in total. The van der Waals surface area contributed by atoms with Crippen molar-refractivity contribution >= 4 is 39.9 Å². The number of carbonyl (C=O) groups excluding carboxylic acids is 2. The molecule has 29 heavy (non-hydrogen) atoms. The number of ketones is 1. The van der Waals surface area contributed by atoms with Gasteiger partial charge in [0, 0.05) is 29.2 Å². The predicted octanol–water partition coefficient (Wildman–Crippen LogP) is 5.38. The molecule has 5 nitrogen and oxygen atoms in total. The zero-order chi connectivity index (χ0) is 20.8. The molecular weight excluding hydrogens is 409 g/mol. The summed E-state index contributed by atoms with van der Waals surface area (Å²) < 4.78 is 0. The van der Waals surface area contributed by atoms with Crippen LogP contribution in [0.1, 0.15) is 64.8 Å². The topological polar surface area (TPSA) is 66.1 Å². The van der Waals surface area contributed by atoms with E-state index >= 15 is 0 Å². The number of carbonyl (C=O) groups is 2. The van der Waals surface area contributed by atoms with Gasteiger partial charge < -0.3 is 9.88 Å². The number of halogens is 2. The summed E-state index contributed by atoms with van der Waals surface area (Å²) in [4.78, 5) is 34.4. The van der Waals surface area contributed by atoms with Crippen molar-refractivity contribution in [2.24, 2.45) is 0 Å². The summed E-state index contributed by atoms with van der Waals surface area (Å²) in [6.45, 7) is 3.38. The van der Waals surface area contributed by atoms with Gasteiger partial charge in [0.1, 0.15) is 11.5 Å². The third-order valence-corrected chi connectivity index (χ3v) is 5.49. The van der Waals surface area contributed by atoms with Crippen LogP contribution >= 0.6 is 23.2 Å². The first-order valence-corrected chi connectivity index (χ1v) is 10.4. The van der Waals surface area contributed by atoms with E-state index in [0.717, 1.165) is 25.9 Å². The van der Waals surface area contributed by atoms with Crippen molar-refractivity contribution in [2.75, 3.05) is 13.1 Å². The van der Waals surface area contributed by atoms with Crippen molar-refractivity contribution in [3.05, 3.63) is 70.3 Å². The van der Waals surface area contributed by atoms with E-state index in [1.54, 1.807) is 43.3 Å². The molecule has 1 aliphatic rings. The number of likely N-dealkylation sites (tertiary alicyclic amines) is 1. The maximum absolute atomic E-state index is 12.7. The number of hydrogen-bond donors (Lipinski definition) is 1. The van der Waals surface area contributed by atoms with Gasteiger partial charge in [-0.3, -0.25) is 9.59 Å². The minimum absolute atomic E-state index is 0.0208. The van der Waals surface area contributed by atoms with Crippen LogP contribution in [0.25, 0.3) is 5.03 Å². The predicted molar refractivity (Wildman–Crippen MR) is 116 cm³/mol. The number of imidazole rings is 1. The summed E-state index contributed by atoms with van der Waals surface area (Å²) in [5.74, 6) is 0.162. The first-order valence-electron chi connectivity index (χ1n) is 9.68. The molecule has 152 valence electrons. The lowest BCUT2D eigenvalue weighted by Gasteiger charge is -2.20. The van der Waals surface area contributed by atoms with Crippen LogP contribution in [0.3, 0.4) is 0 Å². The normalized spacial score (nSPS) is 15.9. The Balaban J connectivity index is 1.72. The average Bonchev–Trinajstić information content (AvgIpc) is 3.08. The fraction of sp³-hybridized carbons (Fsp3) is 0.318. The van der Waals surface area contributed by atoms with E-state index in [4.69, 9.17) is 23.2 Å². The fourth-order valence-electron chi connectivity index (χ4n) is 3.21. The van der Waals surface area contributed by atoms with Crippen molar-refractivity contribution in [3.8, 4) is 0 Å². The van der Waals surface area contributed by atoms with Crippen molar-refractivity contribution < 1.29 is 9.59 Å². The fourth-order valence-corrected chi connectivity index (χ4v) is 3.59. The van der Waals surface area contributed by atoms with E-state index in [2.05, 4.69) is 9.97 Å². The third-order valence-electron chi connectivity index (χ3n) is 4.87. The number of nitrogens with zero attached hydrogens (tertiary/aromatic N) is 2. The van der Waals surface area contributed by atoms with E-state index in [1.807, 2.05) is 4.90 Å². The number of allylic oxidation sites excluding steroid dienone is 3. The summed E-state index contributed by atoms with van der Waals surface area (Å²) >= 11 is 12.1. The maximum Gasteiger partial charge on any atom is 0.253 e. The van der Waals surface area contributed by atoms with Gasteiger partial charge in [-0.2, -0.15) is 0 Å². The van der Waals surface area contributed by atoms with E-state index in [-0.39, 0.29) is 11.7 Å². The maximum atomic E-state index is 12.7. The highest BCUT2D eigenvalue weighted by atomic mass is 35.5. The van der Waals surface area contributed by atoms with Crippen LogP contribution < -0.4 is 0 Å². The SMILES string of the molecule is C/C=C(Cl)\C=C(\Cl)c1ncc(C(=O)c2ccc(C(=O)N3CCCCCC3)cc2)[nH]1. The van der Waals surface area contributed by atoms with Crippen molar-refractivity contribution in [1.29, 1.82) is 0 Å². The van der Waals surface area contributed by atoms with Crippen LogP contribution in [0, 0.1) is 0 Å². The van der Waals surface area contributed by atoms with Crippen molar-refractivity contribution in [2.45, 2.75) is 32.6 Å². The molecule has 7 heteroatoms. The van der Waals surface area contributed by atoms with Gasteiger partial charge in [-0.25, -0.2) is 4.98 Å². The molecule has 1 fully saturated rings. The van der Waals surface area contributed by atoms with Gasteiger partial charge in [0.05, 0.1) is 11.2 Å². The molecule has 1 aliphatic heterocycles. The Labute approximate surface area is 180 Å². The van der Waals surface area contributed by atoms with Gasteiger partial charge in [0.2, 0.25) is 5.78 Å². The quantitative estimate of drug-likeness (QED) is 0.510. The van der Waals surface area contributed by atoms with Crippen molar-refractivity contribution in [3.63, 3.8) is 0 Å². The molecule has 0 aliphatic carbocycles. The van der Waals surface area contributed by atoms with E-state index in [1.165, 1.54) is 19.0 Å². The second-order valence-electron chi connectivity index (χ2n) is 6.92. The third kappa shape index (κ3) is 5.37. The Bertz CT molecular complexity index is 937. The summed E-state index contributed by atoms with van der Waals surface area (Å²) in [5.41, 5.74) is 1.38. The molecule has 0 atom stereocenters. The largest absolute Gasteiger partial charge is 0.339 e. The number of amides is 1. The first-order chi connectivity index (χ1) is 14.0. The van der Waals surface area contributed by atoms with Crippen LogP contribution in [0.2, 0.25) is 0 Å².